The third-order valence-corrected chi connectivity index (χ3v) is 6.64. The Hall–Kier alpha value is -0.594. The van der Waals surface area contributed by atoms with Crippen LogP contribution in [-0.4, -0.2) is 25.2 Å². The van der Waals surface area contributed by atoms with Crippen molar-refractivity contribution in [1.82, 2.24) is 0 Å². The summed E-state index contributed by atoms with van der Waals surface area (Å²) in [6.07, 6.45) is 1.74. The Bertz CT molecular complexity index is 776. The molecule has 2 atom stereocenters. The molecule has 0 saturated heterocycles. The summed E-state index contributed by atoms with van der Waals surface area (Å²) in [6, 6.07) is 13.4. The van der Waals surface area contributed by atoms with Crippen LogP contribution in [0.25, 0.3) is 5.32 Å². The topological polar surface area (TPSA) is 66.1 Å². The Morgan fingerprint density at radius 1 is 0.611 bits per heavy atom. The number of halogens is 2. The minimum absolute atomic E-state index is 0.0174. The summed E-state index contributed by atoms with van der Waals surface area (Å²) in [5.41, 5.74) is 21.7. The van der Waals surface area contributed by atoms with Gasteiger partial charge in [-0.3, -0.25) is 0 Å². The molecule has 0 fully saturated rings. The average molecular weight is 581 g/mol. The molecule has 2 rings (SSSR count). The Morgan fingerprint density at radius 3 is 1.08 bits per heavy atom. The second-order valence-corrected chi connectivity index (χ2v) is 12.7. The van der Waals surface area contributed by atoms with E-state index in [1.165, 1.54) is 33.4 Å². The predicted octanol–water partition coefficient (Wildman–Crippen LogP) is 8.37. The molecule has 0 aromatic heterocycles. The molecule has 4 N–H and O–H groups in total. The molecule has 3 nitrogen and oxygen atoms in total. The quantitative estimate of drug-likeness (QED) is 0.265. The standard InChI is InChI=1S/C30H48N3.2ClH.Co/c1-19(2)25-11-9-12-26(20(3)4)29(25)15-23(31)17-33-18-24(32)16-30-27(21(5)6)13-10-14-28(30)22(7)8;;;/h9-14,19-24H,15-18,31-32H2,1-8H3;2*1H;/q-1;;;+3/p-2. The van der Waals surface area contributed by atoms with Crippen LogP contribution in [0, 0.1) is 0 Å². The van der Waals surface area contributed by atoms with Gasteiger partial charge in [0.2, 0.25) is 0 Å². The Kier molecular flexibility index (Phi) is 15.9. The molecule has 206 valence electrons. The van der Waals surface area contributed by atoms with Crippen LogP contribution in [0.5, 0.6) is 0 Å². The zero-order valence-corrected chi connectivity index (χ0v) is 26.0. The van der Waals surface area contributed by atoms with Gasteiger partial charge in [-0.2, -0.15) is 0 Å². The second kappa shape index (κ2) is 17.1. The molecule has 2 aromatic rings. The first-order valence-corrected chi connectivity index (χ1v) is 16.0. The van der Waals surface area contributed by atoms with E-state index in [1.807, 2.05) is 0 Å². The SMILES string of the molecule is CC(C)c1cccc(C(C)C)c1CC(N)C[N-]CC(N)Cc1c(C(C)C)cccc1C(C)C.[Cl][Co+][Cl]. The number of hydrogen-bond acceptors (Lipinski definition) is 2. The third kappa shape index (κ3) is 10.6. The van der Waals surface area contributed by atoms with Crippen molar-refractivity contribution in [2.75, 3.05) is 13.1 Å². The van der Waals surface area contributed by atoms with Crippen molar-refractivity contribution in [2.45, 2.75) is 104 Å². The fraction of sp³-hybridized carbons (Fsp3) is 0.600. The molecule has 36 heavy (non-hydrogen) atoms. The second-order valence-electron chi connectivity index (χ2n) is 11.0. The fourth-order valence-corrected chi connectivity index (χ4v) is 4.94. The Morgan fingerprint density at radius 2 is 0.861 bits per heavy atom. The number of hydrogen-bond donors (Lipinski definition) is 2. The monoisotopic (exact) mass is 579 g/mol. The van der Waals surface area contributed by atoms with Crippen molar-refractivity contribution in [3.05, 3.63) is 75.1 Å². The van der Waals surface area contributed by atoms with Gasteiger partial charge in [0.05, 0.1) is 0 Å². The molecular weight excluding hydrogens is 532 g/mol. The molecular formula is C30H48Cl2CoN3. The van der Waals surface area contributed by atoms with Gasteiger partial charge in [0.15, 0.2) is 0 Å². The number of rotatable bonds is 12. The van der Waals surface area contributed by atoms with Gasteiger partial charge in [-0.15, -0.1) is 13.1 Å². The van der Waals surface area contributed by atoms with Gasteiger partial charge in [0.25, 0.3) is 0 Å². The normalized spacial score (nSPS) is 13.4. The fourth-order valence-electron chi connectivity index (χ4n) is 4.94. The van der Waals surface area contributed by atoms with Gasteiger partial charge in [-0.1, -0.05) is 91.8 Å². The summed E-state index contributed by atoms with van der Waals surface area (Å²) in [6.45, 7) is 19.4. The van der Waals surface area contributed by atoms with E-state index in [1.54, 1.807) is 0 Å². The van der Waals surface area contributed by atoms with Crippen molar-refractivity contribution in [2.24, 2.45) is 11.5 Å². The first kappa shape index (κ1) is 33.4. The van der Waals surface area contributed by atoms with Gasteiger partial charge < -0.3 is 16.8 Å². The van der Waals surface area contributed by atoms with Crippen LogP contribution in [0.2, 0.25) is 0 Å². The van der Waals surface area contributed by atoms with E-state index in [9.17, 15) is 0 Å². The molecule has 0 aliphatic rings. The van der Waals surface area contributed by atoms with Crippen molar-refractivity contribution in [1.29, 1.82) is 0 Å². The van der Waals surface area contributed by atoms with Crippen molar-refractivity contribution in [3.8, 4) is 0 Å². The maximum atomic E-state index is 6.58. The van der Waals surface area contributed by atoms with Crippen LogP contribution in [0.15, 0.2) is 36.4 Å². The summed E-state index contributed by atoms with van der Waals surface area (Å²) >= 11 is 0.382. The van der Waals surface area contributed by atoms with Crippen molar-refractivity contribution in [3.63, 3.8) is 0 Å². The van der Waals surface area contributed by atoms with Gasteiger partial charge in [0, 0.05) is 0 Å². The van der Waals surface area contributed by atoms with Gasteiger partial charge >= 0.3 is 33.2 Å². The van der Waals surface area contributed by atoms with Gasteiger partial charge in [-0.25, -0.2) is 0 Å². The third-order valence-electron chi connectivity index (χ3n) is 6.64. The maximum absolute atomic E-state index is 6.58. The molecule has 0 spiro atoms. The molecule has 0 aliphatic heterocycles. The van der Waals surface area contributed by atoms with Crippen LogP contribution < -0.4 is 11.5 Å². The first-order chi connectivity index (χ1) is 16.9. The molecule has 0 aliphatic carbocycles. The Balaban J connectivity index is 0.00000205. The minimum atomic E-state index is 0.0174. The van der Waals surface area contributed by atoms with Crippen LogP contribution in [-0.2, 0) is 25.7 Å². The van der Waals surface area contributed by atoms with Crippen molar-refractivity contribution >= 4 is 20.3 Å². The van der Waals surface area contributed by atoms with Crippen LogP contribution in [0.4, 0.5) is 0 Å². The number of nitrogens with two attached hydrogens (primary N) is 2. The summed E-state index contributed by atoms with van der Waals surface area (Å²) < 4.78 is 0. The zero-order chi connectivity index (χ0) is 27.4. The van der Waals surface area contributed by atoms with Crippen molar-refractivity contribution < 1.29 is 12.9 Å². The summed E-state index contributed by atoms with van der Waals surface area (Å²) in [4.78, 5) is 0. The van der Waals surface area contributed by atoms with E-state index >= 15 is 0 Å². The summed E-state index contributed by atoms with van der Waals surface area (Å²) in [7, 11) is 9.47. The van der Waals surface area contributed by atoms with E-state index in [0.29, 0.717) is 49.7 Å². The molecule has 6 heteroatoms. The van der Waals surface area contributed by atoms with E-state index in [2.05, 4.69) is 91.8 Å². The predicted molar refractivity (Wildman–Crippen MR) is 157 cm³/mol. The van der Waals surface area contributed by atoms with Gasteiger partial charge in [-0.05, 0) is 82.0 Å². The van der Waals surface area contributed by atoms with E-state index in [4.69, 9.17) is 37.1 Å². The van der Waals surface area contributed by atoms with Crippen LogP contribution in [0.3, 0.4) is 0 Å². The molecule has 0 heterocycles. The number of benzene rings is 2. The molecule has 0 bridgehead atoms. The van der Waals surface area contributed by atoms with E-state index in [-0.39, 0.29) is 12.1 Å². The summed E-state index contributed by atoms with van der Waals surface area (Å²) in [5, 5.41) is 4.81. The number of nitrogens with zero attached hydrogens (tertiary/aromatic N) is 1. The zero-order valence-electron chi connectivity index (χ0n) is 23.4. The van der Waals surface area contributed by atoms with Crippen LogP contribution in [0.1, 0.15) is 112 Å². The molecule has 0 radical (unpaired) electrons. The van der Waals surface area contributed by atoms with Crippen LogP contribution >= 0.6 is 20.3 Å². The average Bonchev–Trinajstić information content (AvgIpc) is 2.79. The first-order valence-electron chi connectivity index (χ1n) is 13.2. The van der Waals surface area contributed by atoms with E-state index in [0.717, 1.165) is 12.8 Å². The molecule has 2 unspecified atom stereocenters. The van der Waals surface area contributed by atoms with Gasteiger partial charge in [0.1, 0.15) is 0 Å². The molecule has 2 aromatic carbocycles. The summed E-state index contributed by atoms with van der Waals surface area (Å²) in [5.74, 6) is 1.97. The Labute approximate surface area is 236 Å². The molecule has 0 saturated carbocycles. The van der Waals surface area contributed by atoms with E-state index < -0.39 is 0 Å². The molecule has 0 amide bonds.